The minimum absolute atomic E-state index is 0.0903. The third-order valence-corrected chi connectivity index (χ3v) is 5.41. The van der Waals surface area contributed by atoms with Crippen LogP contribution >= 0.6 is 0 Å². The topological polar surface area (TPSA) is 222 Å². The fourth-order valence-corrected chi connectivity index (χ4v) is 3.33. The summed E-state index contributed by atoms with van der Waals surface area (Å²) in [7, 11) is 0. The average Bonchev–Trinajstić information content (AvgIpc) is 3.20. The first-order valence-corrected chi connectivity index (χ1v) is 10.3. The van der Waals surface area contributed by atoms with Crippen LogP contribution in [0.3, 0.4) is 0 Å². The summed E-state index contributed by atoms with van der Waals surface area (Å²) in [5, 5.41) is 23.0. The Morgan fingerprint density at radius 2 is 1.62 bits per heavy atom. The van der Waals surface area contributed by atoms with Gasteiger partial charge in [-0.2, -0.15) is 0 Å². The molecular formula is C19H31N5O8. The van der Waals surface area contributed by atoms with Gasteiger partial charge in [-0.05, 0) is 18.8 Å². The minimum Gasteiger partial charge on any atom is -0.481 e. The molecule has 8 N–H and O–H groups in total. The number of hydrogen-bond donors (Lipinski definition) is 6. The minimum atomic E-state index is -1.60. The fraction of sp³-hybridized carbons (Fsp3) is 0.684. The van der Waals surface area contributed by atoms with Gasteiger partial charge in [0.1, 0.15) is 18.1 Å². The van der Waals surface area contributed by atoms with E-state index in [4.69, 9.17) is 16.6 Å². The molecule has 4 amide bonds. The highest BCUT2D eigenvalue weighted by atomic mass is 16.4. The second-order valence-electron chi connectivity index (χ2n) is 7.83. The van der Waals surface area contributed by atoms with E-state index in [1.54, 1.807) is 6.92 Å². The van der Waals surface area contributed by atoms with E-state index in [0.29, 0.717) is 12.8 Å². The lowest BCUT2D eigenvalue weighted by Crippen LogP contribution is -2.58. The highest BCUT2D eigenvalue weighted by Crippen LogP contribution is 2.19. The van der Waals surface area contributed by atoms with Gasteiger partial charge in [0, 0.05) is 6.54 Å². The second kappa shape index (κ2) is 12.0. The molecule has 0 spiro atoms. The van der Waals surface area contributed by atoms with Gasteiger partial charge < -0.3 is 37.2 Å². The van der Waals surface area contributed by atoms with Gasteiger partial charge in [-0.3, -0.25) is 24.0 Å². The molecule has 1 heterocycles. The number of carboxylic acid groups (broad SMARTS) is 2. The van der Waals surface area contributed by atoms with Crippen molar-refractivity contribution < 1.29 is 39.0 Å². The molecule has 5 unspecified atom stereocenters. The summed E-state index contributed by atoms with van der Waals surface area (Å²) in [4.78, 5) is 73.0. The van der Waals surface area contributed by atoms with E-state index in [1.807, 2.05) is 6.92 Å². The van der Waals surface area contributed by atoms with E-state index in [1.165, 1.54) is 0 Å². The molecule has 0 bridgehead atoms. The number of rotatable bonds is 12. The predicted molar refractivity (Wildman–Crippen MR) is 110 cm³/mol. The number of carbonyl (C=O) groups excluding carboxylic acids is 4. The standard InChI is InChI=1S/C19H31N5O8/c1-3-9(2)15(21)17(29)22-10(7-13(20)25)16(28)23-11(8-14(26)27)18(30)24-6-4-5-12(24)19(31)32/h9-12,15H,3-8,21H2,1-2H3,(H2,20,25)(H,22,29)(H,23,28)(H,26,27)(H,31,32). The number of nitrogens with two attached hydrogens (primary N) is 2. The zero-order chi connectivity index (χ0) is 24.6. The van der Waals surface area contributed by atoms with Crippen molar-refractivity contribution in [3.8, 4) is 0 Å². The van der Waals surface area contributed by atoms with E-state index < -0.39 is 72.6 Å². The molecule has 0 aromatic carbocycles. The average molecular weight is 457 g/mol. The normalized spacial score (nSPS) is 19.3. The lowest BCUT2D eigenvalue weighted by molar-refractivity contribution is -0.150. The third kappa shape index (κ3) is 7.48. The summed E-state index contributed by atoms with van der Waals surface area (Å²) in [5.41, 5.74) is 11.0. The van der Waals surface area contributed by atoms with Crippen molar-refractivity contribution in [1.29, 1.82) is 0 Å². The Morgan fingerprint density at radius 3 is 2.12 bits per heavy atom. The molecule has 13 heteroatoms. The Hall–Kier alpha value is -3.22. The van der Waals surface area contributed by atoms with Crippen molar-refractivity contribution in [2.45, 2.75) is 70.1 Å². The van der Waals surface area contributed by atoms with Crippen LogP contribution in [0.15, 0.2) is 0 Å². The van der Waals surface area contributed by atoms with Gasteiger partial charge in [0.2, 0.25) is 23.6 Å². The SMILES string of the molecule is CCC(C)C(N)C(=O)NC(CC(N)=O)C(=O)NC(CC(=O)O)C(=O)N1CCCC1C(=O)O. The van der Waals surface area contributed by atoms with Crippen LogP contribution in [-0.2, 0) is 28.8 Å². The lowest BCUT2D eigenvalue weighted by Gasteiger charge is -2.28. The first-order chi connectivity index (χ1) is 14.9. The summed E-state index contributed by atoms with van der Waals surface area (Å²) in [6, 6.07) is -5.20. The Labute approximate surface area is 184 Å². The monoisotopic (exact) mass is 457 g/mol. The van der Waals surface area contributed by atoms with Gasteiger partial charge in [0.05, 0.1) is 18.9 Å². The van der Waals surface area contributed by atoms with E-state index in [0.717, 1.165) is 4.90 Å². The van der Waals surface area contributed by atoms with Crippen molar-refractivity contribution in [3.63, 3.8) is 0 Å². The van der Waals surface area contributed by atoms with Crippen LogP contribution in [0.1, 0.15) is 46.0 Å². The van der Waals surface area contributed by atoms with Crippen LogP contribution in [-0.4, -0.2) is 81.4 Å². The molecule has 0 aromatic heterocycles. The zero-order valence-electron chi connectivity index (χ0n) is 18.1. The van der Waals surface area contributed by atoms with Crippen molar-refractivity contribution in [2.24, 2.45) is 17.4 Å². The molecule has 5 atom stereocenters. The highest BCUT2D eigenvalue weighted by molar-refractivity contribution is 5.97. The van der Waals surface area contributed by atoms with Crippen molar-refractivity contribution >= 4 is 35.6 Å². The lowest BCUT2D eigenvalue weighted by atomic mass is 9.99. The Balaban J connectivity index is 3.03. The van der Waals surface area contributed by atoms with E-state index in [9.17, 15) is 33.9 Å². The molecule has 1 aliphatic heterocycles. The summed E-state index contributed by atoms with van der Waals surface area (Å²) in [6.07, 6.45) is -0.249. The number of likely N-dealkylation sites (tertiary alicyclic amines) is 1. The predicted octanol–water partition coefficient (Wildman–Crippen LogP) is -2.24. The van der Waals surface area contributed by atoms with Gasteiger partial charge in [-0.25, -0.2) is 4.79 Å². The summed E-state index contributed by atoms with van der Waals surface area (Å²) in [6.45, 7) is 3.63. The molecule has 0 aliphatic carbocycles. The summed E-state index contributed by atoms with van der Waals surface area (Å²) in [5.74, 6) is -6.42. The maximum absolute atomic E-state index is 12.8. The van der Waals surface area contributed by atoms with Crippen LogP contribution in [0.2, 0.25) is 0 Å². The van der Waals surface area contributed by atoms with Gasteiger partial charge in [0.25, 0.3) is 0 Å². The van der Waals surface area contributed by atoms with E-state index >= 15 is 0 Å². The molecule has 32 heavy (non-hydrogen) atoms. The number of carbonyl (C=O) groups is 6. The smallest absolute Gasteiger partial charge is 0.326 e. The van der Waals surface area contributed by atoms with E-state index in [-0.39, 0.29) is 18.9 Å². The van der Waals surface area contributed by atoms with Crippen LogP contribution in [0.4, 0.5) is 0 Å². The third-order valence-electron chi connectivity index (χ3n) is 5.41. The maximum atomic E-state index is 12.8. The second-order valence-corrected chi connectivity index (χ2v) is 7.83. The van der Waals surface area contributed by atoms with Crippen molar-refractivity contribution in [3.05, 3.63) is 0 Å². The summed E-state index contributed by atoms with van der Waals surface area (Å²) >= 11 is 0. The van der Waals surface area contributed by atoms with Gasteiger partial charge >= 0.3 is 11.9 Å². The summed E-state index contributed by atoms with van der Waals surface area (Å²) < 4.78 is 0. The number of nitrogens with zero attached hydrogens (tertiary/aromatic N) is 1. The maximum Gasteiger partial charge on any atom is 0.326 e. The molecule has 13 nitrogen and oxygen atoms in total. The number of amides is 4. The number of carboxylic acids is 2. The number of nitrogens with one attached hydrogen (secondary N) is 2. The Bertz CT molecular complexity index is 758. The highest BCUT2D eigenvalue weighted by Gasteiger charge is 2.39. The molecule has 0 aromatic rings. The number of hydrogen-bond acceptors (Lipinski definition) is 7. The first kappa shape index (κ1) is 26.8. The van der Waals surface area contributed by atoms with Gasteiger partial charge in [0.15, 0.2) is 0 Å². The van der Waals surface area contributed by atoms with E-state index in [2.05, 4.69) is 10.6 Å². The Morgan fingerprint density at radius 1 is 1.03 bits per heavy atom. The number of aliphatic carboxylic acids is 2. The molecular weight excluding hydrogens is 426 g/mol. The zero-order valence-corrected chi connectivity index (χ0v) is 18.1. The van der Waals surface area contributed by atoms with Crippen LogP contribution in [0, 0.1) is 5.92 Å². The van der Waals surface area contributed by atoms with Crippen LogP contribution in [0.5, 0.6) is 0 Å². The molecule has 1 fully saturated rings. The molecule has 1 aliphatic rings. The first-order valence-electron chi connectivity index (χ1n) is 10.3. The molecule has 1 saturated heterocycles. The Kier molecular flexibility index (Phi) is 10.0. The van der Waals surface area contributed by atoms with Crippen molar-refractivity contribution in [1.82, 2.24) is 15.5 Å². The van der Waals surface area contributed by atoms with Crippen molar-refractivity contribution in [2.75, 3.05) is 6.54 Å². The quantitative estimate of drug-likeness (QED) is 0.186. The number of primary amides is 1. The largest absolute Gasteiger partial charge is 0.481 e. The molecule has 0 saturated carbocycles. The molecule has 0 radical (unpaired) electrons. The van der Waals surface area contributed by atoms with Crippen LogP contribution < -0.4 is 22.1 Å². The van der Waals surface area contributed by atoms with Gasteiger partial charge in [-0.15, -0.1) is 0 Å². The van der Waals surface area contributed by atoms with Crippen LogP contribution in [0.25, 0.3) is 0 Å². The molecule has 180 valence electrons. The van der Waals surface area contributed by atoms with Gasteiger partial charge in [-0.1, -0.05) is 20.3 Å². The fourth-order valence-electron chi connectivity index (χ4n) is 3.33. The molecule has 1 rings (SSSR count).